The van der Waals surface area contributed by atoms with E-state index in [1.54, 1.807) is 4.68 Å². The van der Waals surface area contributed by atoms with Crippen LogP contribution in [0.5, 0.6) is 0 Å². The number of para-hydroxylation sites is 1. The summed E-state index contributed by atoms with van der Waals surface area (Å²) in [5.41, 5.74) is 3.05. The molecule has 2 rings (SSSR count). The Labute approximate surface area is 88.4 Å². The summed E-state index contributed by atoms with van der Waals surface area (Å²) in [6, 6.07) is 9.73. The lowest BCUT2D eigenvalue weighted by Crippen LogP contribution is -1.98. The standard InChI is InChI=1S/C12H11N2O/c1-9-12(8-15)10(2)14(13-9)11-6-4-3-5-7-11/h3-7H,1-2H3. The van der Waals surface area contributed by atoms with E-state index in [9.17, 15) is 4.79 Å². The Morgan fingerprint density at radius 3 is 2.40 bits per heavy atom. The summed E-state index contributed by atoms with van der Waals surface area (Å²) in [7, 11) is 0. The van der Waals surface area contributed by atoms with Crippen molar-refractivity contribution in [3.63, 3.8) is 0 Å². The summed E-state index contributed by atoms with van der Waals surface area (Å²) >= 11 is 0. The smallest absolute Gasteiger partial charge is 0.237 e. The Kier molecular flexibility index (Phi) is 2.37. The SMILES string of the molecule is Cc1nn(-c2ccccc2)c(C)c1[C]=O. The second-order valence-corrected chi connectivity index (χ2v) is 3.40. The summed E-state index contributed by atoms with van der Waals surface area (Å²) in [6.45, 7) is 3.68. The number of rotatable bonds is 2. The summed E-state index contributed by atoms with van der Waals surface area (Å²) in [5.74, 6) is 0. The molecule has 0 N–H and O–H groups in total. The molecule has 15 heavy (non-hydrogen) atoms. The van der Waals surface area contributed by atoms with Gasteiger partial charge in [-0.05, 0) is 26.0 Å². The van der Waals surface area contributed by atoms with Gasteiger partial charge in [0.2, 0.25) is 6.29 Å². The van der Waals surface area contributed by atoms with Crippen molar-refractivity contribution in [1.82, 2.24) is 9.78 Å². The van der Waals surface area contributed by atoms with Crippen LogP contribution in [0.2, 0.25) is 0 Å². The first-order valence-electron chi connectivity index (χ1n) is 4.74. The molecule has 0 saturated carbocycles. The van der Waals surface area contributed by atoms with Gasteiger partial charge in [0.25, 0.3) is 0 Å². The maximum absolute atomic E-state index is 10.7. The van der Waals surface area contributed by atoms with Crippen molar-refractivity contribution in [2.24, 2.45) is 0 Å². The first kappa shape index (κ1) is 9.65. The number of aryl methyl sites for hydroxylation is 1. The summed E-state index contributed by atoms with van der Waals surface area (Å²) in [5, 5.41) is 4.31. The van der Waals surface area contributed by atoms with Gasteiger partial charge in [-0.2, -0.15) is 5.10 Å². The zero-order chi connectivity index (χ0) is 10.8. The third-order valence-electron chi connectivity index (χ3n) is 2.39. The predicted molar refractivity (Wildman–Crippen MR) is 57.8 cm³/mol. The van der Waals surface area contributed by atoms with E-state index in [1.807, 2.05) is 50.5 Å². The normalized spacial score (nSPS) is 10.3. The van der Waals surface area contributed by atoms with Crippen molar-refractivity contribution in [2.45, 2.75) is 13.8 Å². The quantitative estimate of drug-likeness (QED) is 0.740. The second kappa shape index (κ2) is 3.69. The van der Waals surface area contributed by atoms with Crippen molar-refractivity contribution in [3.05, 3.63) is 47.3 Å². The van der Waals surface area contributed by atoms with Crippen LogP contribution >= 0.6 is 0 Å². The van der Waals surface area contributed by atoms with Crippen molar-refractivity contribution >= 4 is 6.29 Å². The van der Waals surface area contributed by atoms with Gasteiger partial charge in [-0.3, -0.25) is 4.79 Å². The molecule has 0 fully saturated rings. The van der Waals surface area contributed by atoms with Crippen molar-refractivity contribution in [1.29, 1.82) is 0 Å². The molecule has 3 heteroatoms. The monoisotopic (exact) mass is 199 g/mol. The van der Waals surface area contributed by atoms with Crippen molar-refractivity contribution in [2.75, 3.05) is 0 Å². The Morgan fingerprint density at radius 2 is 1.87 bits per heavy atom. The Morgan fingerprint density at radius 1 is 1.20 bits per heavy atom. The van der Waals surface area contributed by atoms with Gasteiger partial charge in [0, 0.05) is 0 Å². The molecular formula is C12H11N2O. The maximum atomic E-state index is 10.7. The molecule has 0 saturated heterocycles. The van der Waals surface area contributed by atoms with Gasteiger partial charge in [0.05, 0.1) is 22.6 Å². The molecule has 0 bridgehead atoms. The highest BCUT2D eigenvalue weighted by molar-refractivity contribution is 5.78. The highest BCUT2D eigenvalue weighted by Gasteiger charge is 2.11. The largest absolute Gasteiger partial charge is 0.285 e. The number of benzene rings is 1. The molecule has 0 aliphatic heterocycles. The van der Waals surface area contributed by atoms with E-state index in [2.05, 4.69) is 5.10 Å². The molecular weight excluding hydrogens is 188 g/mol. The lowest BCUT2D eigenvalue weighted by atomic mass is 10.2. The fourth-order valence-corrected chi connectivity index (χ4v) is 1.61. The molecule has 0 unspecified atom stereocenters. The third kappa shape index (κ3) is 1.56. The van der Waals surface area contributed by atoms with Crippen LogP contribution in [0.25, 0.3) is 5.69 Å². The molecule has 0 atom stereocenters. The third-order valence-corrected chi connectivity index (χ3v) is 2.39. The van der Waals surface area contributed by atoms with Gasteiger partial charge >= 0.3 is 0 Å². The molecule has 1 aromatic carbocycles. The minimum absolute atomic E-state index is 0.554. The topological polar surface area (TPSA) is 34.9 Å². The molecule has 0 aliphatic carbocycles. The van der Waals surface area contributed by atoms with E-state index in [1.165, 1.54) is 0 Å². The molecule has 0 aliphatic rings. The molecule has 0 amide bonds. The zero-order valence-electron chi connectivity index (χ0n) is 8.69. The minimum Gasteiger partial charge on any atom is -0.285 e. The number of nitrogens with zero attached hydrogens (tertiary/aromatic N) is 2. The number of hydrogen-bond donors (Lipinski definition) is 0. The van der Waals surface area contributed by atoms with Gasteiger partial charge in [-0.15, -0.1) is 0 Å². The van der Waals surface area contributed by atoms with Crippen LogP contribution in [0, 0.1) is 13.8 Å². The Balaban J connectivity index is 2.60. The van der Waals surface area contributed by atoms with Crippen LogP contribution < -0.4 is 0 Å². The van der Waals surface area contributed by atoms with Gasteiger partial charge in [-0.25, -0.2) is 4.68 Å². The maximum Gasteiger partial charge on any atom is 0.237 e. The van der Waals surface area contributed by atoms with Crippen LogP contribution in [0.1, 0.15) is 17.0 Å². The van der Waals surface area contributed by atoms with E-state index >= 15 is 0 Å². The van der Waals surface area contributed by atoms with Crippen LogP contribution in [-0.2, 0) is 4.79 Å². The molecule has 1 aromatic heterocycles. The molecule has 1 heterocycles. The summed E-state index contributed by atoms with van der Waals surface area (Å²) < 4.78 is 1.76. The summed E-state index contributed by atoms with van der Waals surface area (Å²) in [6.07, 6.45) is 1.92. The Bertz CT molecular complexity index is 486. The van der Waals surface area contributed by atoms with Crippen LogP contribution in [0.15, 0.2) is 30.3 Å². The predicted octanol–water partition coefficient (Wildman–Crippen LogP) is 1.95. The highest BCUT2D eigenvalue weighted by Crippen LogP contribution is 2.15. The lowest BCUT2D eigenvalue weighted by Gasteiger charge is -2.02. The molecule has 0 spiro atoms. The number of aromatic nitrogens is 2. The molecule has 1 radical (unpaired) electrons. The second-order valence-electron chi connectivity index (χ2n) is 3.40. The van der Waals surface area contributed by atoms with Crippen LogP contribution in [-0.4, -0.2) is 16.1 Å². The molecule has 2 aromatic rings. The van der Waals surface area contributed by atoms with Gasteiger partial charge in [0.15, 0.2) is 0 Å². The fraction of sp³-hybridized carbons (Fsp3) is 0.167. The first-order chi connectivity index (χ1) is 7.24. The van der Waals surface area contributed by atoms with E-state index < -0.39 is 0 Å². The first-order valence-corrected chi connectivity index (χ1v) is 4.74. The fourth-order valence-electron chi connectivity index (χ4n) is 1.61. The van der Waals surface area contributed by atoms with Gasteiger partial charge < -0.3 is 0 Å². The van der Waals surface area contributed by atoms with Gasteiger partial charge in [-0.1, -0.05) is 18.2 Å². The molecule has 3 nitrogen and oxygen atoms in total. The zero-order valence-corrected chi connectivity index (χ0v) is 8.69. The van der Waals surface area contributed by atoms with E-state index in [4.69, 9.17) is 0 Å². The average Bonchev–Trinajstić information content (AvgIpc) is 2.55. The summed E-state index contributed by atoms with van der Waals surface area (Å²) in [4.78, 5) is 10.7. The van der Waals surface area contributed by atoms with Gasteiger partial charge in [0.1, 0.15) is 0 Å². The minimum atomic E-state index is 0.554. The number of hydrogen-bond acceptors (Lipinski definition) is 2. The number of carbonyl (C=O) groups excluding carboxylic acids is 1. The molecule has 75 valence electrons. The van der Waals surface area contributed by atoms with Crippen molar-refractivity contribution in [3.8, 4) is 5.69 Å². The van der Waals surface area contributed by atoms with E-state index in [0.717, 1.165) is 11.4 Å². The van der Waals surface area contributed by atoms with E-state index in [-0.39, 0.29) is 0 Å². The van der Waals surface area contributed by atoms with Crippen LogP contribution in [0.4, 0.5) is 0 Å². The average molecular weight is 199 g/mol. The van der Waals surface area contributed by atoms with Crippen LogP contribution in [0.3, 0.4) is 0 Å². The highest BCUT2D eigenvalue weighted by atomic mass is 16.1. The lowest BCUT2D eigenvalue weighted by molar-refractivity contribution is 0.562. The van der Waals surface area contributed by atoms with Crippen molar-refractivity contribution < 1.29 is 4.79 Å². The Hall–Kier alpha value is -1.90. The van der Waals surface area contributed by atoms with E-state index in [0.29, 0.717) is 11.3 Å².